The highest BCUT2D eigenvalue weighted by molar-refractivity contribution is 7.81. The van der Waals surface area contributed by atoms with Crippen molar-refractivity contribution in [3.8, 4) is 5.75 Å². The van der Waals surface area contributed by atoms with Gasteiger partial charge in [-0.15, -0.1) is 0 Å². The molecule has 2 atom stereocenters. The molecule has 0 saturated heterocycles. The fourth-order valence-electron chi connectivity index (χ4n) is 1.24. The second-order valence-electron chi connectivity index (χ2n) is 3.61. The standard InChI is InChI=1S/C12H18O2S/c1-3-4-8-11(2)15(13)14-12-9-6-5-7-10-12/h5-7,9-11H,3-4,8H2,1-2H3. The van der Waals surface area contributed by atoms with Gasteiger partial charge in [-0.2, -0.15) is 0 Å². The lowest BCUT2D eigenvalue weighted by Crippen LogP contribution is -2.15. The minimum atomic E-state index is -1.22. The summed E-state index contributed by atoms with van der Waals surface area (Å²) in [6.45, 7) is 4.10. The van der Waals surface area contributed by atoms with Gasteiger partial charge in [-0.1, -0.05) is 38.0 Å². The van der Waals surface area contributed by atoms with Crippen LogP contribution in [-0.2, 0) is 11.1 Å². The van der Waals surface area contributed by atoms with Crippen molar-refractivity contribution in [1.82, 2.24) is 0 Å². The lowest BCUT2D eigenvalue weighted by Gasteiger charge is -2.10. The highest BCUT2D eigenvalue weighted by Crippen LogP contribution is 2.14. The summed E-state index contributed by atoms with van der Waals surface area (Å²) in [5, 5.41) is 0.102. The Labute approximate surface area is 94.3 Å². The van der Waals surface area contributed by atoms with Crippen LogP contribution < -0.4 is 4.18 Å². The van der Waals surface area contributed by atoms with E-state index in [1.807, 2.05) is 37.3 Å². The van der Waals surface area contributed by atoms with Crippen molar-refractivity contribution in [2.24, 2.45) is 0 Å². The van der Waals surface area contributed by atoms with Gasteiger partial charge in [0, 0.05) is 0 Å². The first-order valence-corrected chi connectivity index (χ1v) is 6.51. The van der Waals surface area contributed by atoms with Crippen LogP contribution in [0.5, 0.6) is 5.75 Å². The summed E-state index contributed by atoms with van der Waals surface area (Å²) in [5.41, 5.74) is 0. The van der Waals surface area contributed by atoms with E-state index in [2.05, 4.69) is 6.92 Å². The molecule has 0 aromatic heterocycles. The van der Waals surface area contributed by atoms with Crippen LogP contribution in [0.15, 0.2) is 30.3 Å². The fraction of sp³-hybridized carbons (Fsp3) is 0.500. The van der Waals surface area contributed by atoms with E-state index < -0.39 is 11.1 Å². The molecule has 0 fully saturated rings. The van der Waals surface area contributed by atoms with Gasteiger partial charge >= 0.3 is 0 Å². The number of rotatable bonds is 6. The largest absolute Gasteiger partial charge is 0.400 e. The minimum absolute atomic E-state index is 0.102. The molecule has 0 heterocycles. The number of unbranched alkanes of at least 4 members (excludes halogenated alkanes) is 1. The van der Waals surface area contributed by atoms with Gasteiger partial charge in [-0.3, -0.25) is 0 Å². The highest BCUT2D eigenvalue weighted by Gasteiger charge is 2.12. The molecule has 0 aliphatic carbocycles. The van der Waals surface area contributed by atoms with Gasteiger partial charge in [0.15, 0.2) is 0 Å². The van der Waals surface area contributed by atoms with Crippen LogP contribution in [0.3, 0.4) is 0 Å². The van der Waals surface area contributed by atoms with Gasteiger partial charge in [0.1, 0.15) is 5.75 Å². The number of hydrogen-bond donors (Lipinski definition) is 0. The van der Waals surface area contributed by atoms with E-state index in [9.17, 15) is 4.21 Å². The SMILES string of the molecule is CCCCC(C)S(=O)Oc1ccccc1. The third-order valence-electron chi connectivity index (χ3n) is 2.21. The zero-order valence-corrected chi connectivity index (χ0v) is 10.1. The van der Waals surface area contributed by atoms with Crippen LogP contribution in [0.25, 0.3) is 0 Å². The van der Waals surface area contributed by atoms with Crippen molar-refractivity contribution in [3.05, 3.63) is 30.3 Å². The molecule has 0 N–H and O–H groups in total. The van der Waals surface area contributed by atoms with E-state index in [0.717, 1.165) is 19.3 Å². The topological polar surface area (TPSA) is 26.3 Å². The molecule has 84 valence electrons. The summed E-state index contributed by atoms with van der Waals surface area (Å²) in [4.78, 5) is 0. The molecule has 1 rings (SSSR count). The molecule has 2 unspecified atom stereocenters. The Hall–Kier alpha value is -0.830. The predicted octanol–water partition coefficient (Wildman–Crippen LogP) is 3.31. The number of para-hydroxylation sites is 1. The summed E-state index contributed by atoms with van der Waals surface area (Å²) in [6.07, 6.45) is 3.19. The second kappa shape index (κ2) is 6.62. The minimum Gasteiger partial charge on any atom is -0.400 e. The Morgan fingerprint density at radius 1 is 1.33 bits per heavy atom. The summed E-state index contributed by atoms with van der Waals surface area (Å²) in [6, 6.07) is 9.32. The maximum absolute atomic E-state index is 11.7. The van der Waals surface area contributed by atoms with Gasteiger partial charge in [0.05, 0.1) is 5.25 Å². The lowest BCUT2D eigenvalue weighted by molar-refractivity contribution is 0.540. The molecule has 2 nitrogen and oxygen atoms in total. The van der Waals surface area contributed by atoms with E-state index in [1.54, 1.807) is 0 Å². The van der Waals surface area contributed by atoms with Gasteiger partial charge < -0.3 is 4.18 Å². The number of benzene rings is 1. The van der Waals surface area contributed by atoms with Gasteiger partial charge in [0.2, 0.25) is 11.1 Å². The maximum atomic E-state index is 11.7. The Morgan fingerprint density at radius 2 is 2.00 bits per heavy atom. The molecule has 0 amide bonds. The van der Waals surface area contributed by atoms with Crippen LogP contribution in [0, 0.1) is 0 Å². The third-order valence-corrected chi connectivity index (χ3v) is 3.46. The molecule has 0 bridgehead atoms. The molecule has 3 heteroatoms. The summed E-state index contributed by atoms with van der Waals surface area (Å²) < 4.78 is 17.1. The summed E-state index contributed by atoms with van der Waals surface area (Å²) >= 11 is -1.22. The van der Waals surface area contributed by atoms with E-state index in [1.165, 1.54) is 0 Å². The van der Waals surface area contributed by atoms with Crippen molar-refractivity contribution < 1.29 is 8.39 Å². The Morgan fingerprint density at radius 3 is 2.60 bits per heavy atom. The Bertz CT molecular complexity index is 298. The van der Waals surface area contributed by atoms with Crippen LogP contribution in [-0.4, -0.2) is 9.46 Å². The first-order chi connectivity index (χ1) is 7.24. The quantitative estimate of drug-likeness (QED) is 0.744. The molecule has 15 heavy (non-hydrogen) atoms. The summed E-state index contributed by atoms with van der Waals surface area (Å²) in [7, 11) is 0. The van der Waals surface area contributed by atoms with E-state index >= 15 is 0 Å². The van der Waals surface area contributed by atoms with Crippen LogP contribution in [0.2, 0.25) is 0 Å². The molecule has 0 spiro atoms. The normalized spacial score (nSPS) is 14.5. The second-order valence-corrected chi connectivity index (χ2v) is 5.10. The van der Waals surface area contributed by atoms with E-state index in [4.69, 9.17) is 4.18 Å². The first kappa shape index (κ1) is 12.2. The average molecular weight is 226 g/mol. The monoisotopic (exact) mass is 226 g/mol. The summed E-state index contributed by atoms with van der Waals surface area (Å²) in [5.74, 6) is 0.680. The van der Waals surface area contributed by atoms with Gasteiger partial charge in [-0.05, 0) is 25.5 Å². The predicted molar refractivity (Wildman–Crippen MR) is 64.2 cm³/mol. The van der Waals surface area contributed by atoms with Crippen LogP contribution >= 0.6 is 0 Å². The highest BCUT2D eigenvalue weighted by atomic mass is 32.2. The zero-order chi connectivity index (χ0) is 11.1. The van der Waals surface area contributed by atoms with Crippen LogP contribution in [0.1, 0.15) is 33.1 Å². The lowest BCUT2D eigenvalue weighted by atomic mass is 10.2. The maximum Gasteiger partial charge on any atom is 0.209 e. The molecule has 0 aliphatic heterocycles. The van der Waals surface area contributed by atoms with E-state index in [0.29, 0.717) is 5.75 Å². The Balaban J connectivity index is 2.42. The molecule has 0 aliphatic rings. The average Bonchev–Trinajstić information content (AvgIpc) is 2.27. The van der Waals surface area contributed by atoms with Crippen molar-refractivity contribution in [2.75, 3.05) is 0 Å². The first-order valence-electron chi connectivity index (χ1n) is 5.38. The zero-order valence-electron chi connectivity index (χ0n) is 9.31. The molecule has 0 saturated carbocycles. The molecule has 1 aromatic carbocycles. The fourth-order valence-corrected chi connectivity index (χ4v) is 2.07. The van der Waals surface area contributed by atoms with Crippen molar-refractivity contribution >= 4 is 11.1 Å². The van der Waals surface area contributed by atoms with Crippen molar-refractivity contribution in [2.45, 2.75) is 38.4 Å². The molecular weight excluding hydrogens is 208 g/mol. The molecule has 1 aromatic rings. The van der Waals surface area contributed by atoms with Gasteiger partial charge in [0.25, 0.3) is 0 Å². The number of hydrogen-bond acceptors (Lipinski definition) is 2. The van der Waals surface area contributed by atoms with Crippen molar-refractivity contribution in [3.63, 3.8) is 0 Å². The van der Waals surface area contributed by atoms with Crippen LogP contribution in [0.4, 0.5) is 0 Å². The van der Waals surface area contributed by atoms with Gasteiger partial charge in [-0.25, -0.2) is 4.21 Å². The molecular formula is C12H18O2S. The van der Waals surface area contributed by atoms with E-state index in [-0.39, 0.29) is 5.25 Å². The van der Waals surface area contributed by atoms with Crippen molar-refractivity contribution in [1.29, 1.82) is 0 Å². The molecule has 0 radical (unpaired) electrons. The smallest absolute Gasteiger partial charge is 0.209 e. The Kier molecular flexibility index (Phi) is 5.40. The third kappa shape index (κ3) is 4.47.